The summed E-state index contributed by atoms with van der Waals surface area (Å²) in [6, 6.07) is 24.1. The highest BCUT2D eigenvalue weighted by atomic mass is 32.2. The van der Waals surface area contributed by atoms with Crippen molar-refractivity contribution >= 4 is 29.3 Å². The van der Waals surface area contributed by atoms with Crippen LogP contribution in [0.4, 0.5) is 5.69 Å². The molecule has 0 spiro atoms. The number of para-hydroxylation sites is 1. The van der Waals surface area contributed by atoms with E-state index in [4.69, 9.17) is 4.74 Å². The van der Waals surface area contributed by atoms with Crippen LogP contribution in [0.5, 0.6) is 5.75 Å². The molecule has 5 nitrogen and oxygen atoms in total. The second kappa shape index (κ2) is 10.9. The van der Waals surface area contributed by atoms with Crippen LogP contribution in [-0.2, 0) is 0 Å². The lowest BCUT2D eigenvalue weighted by Crippen LogP contribution is -2.40. The minimum absolute atomic E-state index is 0.231. The molecule has 3 aromatic carbocycles. The number of carbonyl (C=O) groups excluding carboxylic acids is 2. The Bertz CT molecular complexity index is 1040. The van der Waals surface area contributed by atoms with Crippen molar-refractivity contribution in [1.82, 2.24) is 5.32 Å². The van der Waals surface area contributed by atoms with Gasteiger partial charge in [0.1, 0.15) is 5.75 Å². The Hall–Kier alpha value is -3.25. The van der Waals surface area contributed by atoms with Gasteiger partial charge in [-0.3, -0.25) is 9.59 Å². The monoisotopic (exact) mass is 448 g/mol. The minimum Gasteiger partial charge on any atom is -0.493 e. The Morgan fingerprint density at radius 1 is 0.844 bits per heavy atom. The predicted molar refractivity (Wildman–Crippen MR) is 131 cm³/mol. The maximum absolute atomic E-state index is 12.7. The van der Waals surface area contributed by atoms with Crippen molar-refractivity contribution in [2.75, 3.05) is 17.7 Å². The summed E-state index contributed by atoms with van der Waals surface area (Å²) in [7, 11) is 0. The van der Waals surface area contributed by atoms with Crippen molar-refractivity contribution < 1.29 is 14.3 Å². The van der Waals surface area contributed by atoms with Gasteiger partial charge in [0.2, 0.25) is 0 Å². The van der Waals surface area contributed by atoms with Gasteiger partial charge in [0.05, 0.1) is 17.9 Å². The molecule has 2 N–H and O–H groups in total. The molecular formula is C26H28N2O3S. The highest BCUT2D eigenvalue weighted by Crippen LogP contribution is 2.20. The van der Waals surface area contributed by atoms with Crippen LogP contribution < -0.4 is 15.4 Å². The first-order valence-electron chi connectivity index (χ1n) is 10.5. The fourth-order valence-electron chi connectivity index (χ4n) is 2.93. The molecule has 0 saturated heterocycles. The molecule has 166 valence electrons. The van der Waals surface area contributed by atoms with Gasteiger partial charge in [-0.2, -0.15) is 0 Å². The van der Waals surface area contributed by atoms with E-state index in [1.165, 1.54) is 4.90 Å². The summed E-state index contributed by atoms with van der Waals surface area (Å²) in [6.07, 6.45) is 0. The zero-order chi connectivity index (χ0) is 23.0. The van der Waals surface area contributed by atoms with E-state index in [0.29, 0.717) is 29.2 Å². The summed E-state index contributed by atoms with van der Waals surface area (Å²) in [5, 5.41) is 5.76. The largest absolute Gasteiger partial charge is 0.493 e. The van der Waals surface area contributed by atoms with Crippen LogP contribution in [0.2, 0.25) is 0 Å². The smallest absolute Gasteiger partial charge is 0.255 e. The van der Waals surface area contributed by atoms with Crippen LogP contribution >= 0.6 is 11.8 Å². The molecule has 0 aromatic heterocycles. The summed E-state index contributed by atoms with van der Waals surface area (Å²) in [5.74, 6) is 1.03. The van der Waals surface area contributed by atoms with E-state index < -0.39 is 0 Å². The fraction of sp³-hybridized carbons (Fsp3) is 0.231. The van der Waals surface area contributed by atoms with Crippen molar-refractivity contribution in [3.8, 4) is 5.75 Å². The Morgan fingerprint density at radius 3 is 2.19 bits per heavy atom. The first kappa shape index (κ1) is 23.4. The van der Waals surface area contributed by atoms with Crippen LogP contribution in [0, 0.1) is 0 Å². The SMILES string of the molecule is CC(C)(C)NC(=O)c1ccccc1NC(=O)c1ccc(OCCSc2ccccc2)cc1. The minimum atomic E-state index is -0.371. The molecule has 0 atom stereocenters. The van der Waals surface area contributed by atoms with Crippen LogP contribution in [0.3, 0.4) is 0 Å². The normalized spacial score (nSPS) is 11.0. The van der Waals surface area contributed by atoms with Gasteiger partial charge in [0.25, 0.3) is 11.8 Å². The van der Waals surface area contributed by atoms with Crippen molar-refractivity contribution in [2.24, 2.45) is 0 Å². The highest BCUT2D eigenvalue weighted by Gasteiger charge is 2.19. The Balaban J connectivity index is 1.55. The number of carbonyl (C=O) groups is 2. The van der Waals surface area contributed by atoms with E-state index in [2.05, 4.69) is 22.8 Å². The molecule has 6 heteroatoms. The Labute approximate surface area is 193 Å². The van der Waals surface area contributed by atoms with Gasteiger partial charge < -0.3 is 15.4 Å². The van der Waals surface area contributed by atoms with Gasteiger partial charge in [-0.05, 0) is 69.3 Å². The number of nitrogens with one attached hydrogen (secondary N) is 2. The number of anilines is 1. The third kappa shape index (κ3) is 7.17. The molecule has 2 amide bonds. The molecule has 0 saturated carbocycles. The molecule has 3 rings (SSSR count). The van der Waals surface area contributed by atoms with Gasteiger partial charge in [0, 0.05) is 21.8 Å². The second-order valence-electron chi connectivity index (χ2n) is 8.24. The molecule has 0 heterocycles. The standard InChI is InChI=1S/C26H28N2O3S/c1-26(2,3)28-25(30)22-11-7-8-12-23(22)27-24(29)19-13-15-20(16-14-19)31-17-18-32-21-9-5-4-6-10-21/h4-16H,17-18H2,1-3H3,(H,27,29)(H,28,30). The lowest BCUT2D eigenvalue weighted by molar-refractivity contribution is 0.0920. The van der Waals surface area contributed by atoms with Gasteiger partial charge >= 0.3 is 0 Å². The molecule has 0 fully saturated rings. The number of benzene rings is 3. The summed E-state index contributed by atoms with van der Waals surface area (Å²) < 4.78 is 5.77. The zero-order valence-electron chi connectivity index (χ0n) is 18.6. The summed E-state index contributed by atoms with van der Waals surface area (Å²) in [6.45, 7) is 6.31. The molecule has 0 aliphatic heterocycles. The molecular weight excluding hydrogens is 420 g/mol. The van der Waals surface area contributed by atoms with E-state index in [9.17, 15) is 9.59 Å². The maximum atomic E-state index is 12.7. The number of hydrogen-bond donors (Lipinski definition) is 2. The van der Waals surface area contributed by atoms with E-state index in [1.54, 1.807) is 60.3 Å². The third-order valence-electron chi connectivity index (χ3n) is 4.39. The molecule has 0 unspecified atom stereocenters. The van der Waals surface area contributed by atoms with Crippen LogP contribution in [0.25, 0.3) is 0 Å². The predicted octanol–water partition coefficient (Wildman–Crippen LogP) is 5.64. The maximum Gasteiger partial charge on any atom is 0.255 e. The Kier molecular flexibility index (Phi) is 7.95. The molecule has 0 radical (unpaired) electrons. The molecule has 0 aliphatic rings. The van der Waals surface area contributed by atoms with E-state index in [-0.39, 0.29) is 17.4 Å². The first-order valence-corrected chi connectivity index (χ1v) is 11.4. The molecule has 32 heavy (non-hydrogen) atoms. The van der Waals surface area contributed by atoms with Crippen molar-refractivity contribution in [3.63, 3.8) is 0 Å². The summed E-state index contributed by atoms with van der Waals surface area (Å²) in [5.41, 5.74) is 1.01. The average Bonchev–Trinajstić information content (AvgIpc) is 2.77. The highest BCUT2D eigenvalue weighted by molar-refractivity contribution is 7.99. The van der Waals surface area contributed by atoms with E-state index in [0.717, 1.165) is 5.75 Å². The second-order valence-corrected chi connectivity index (χ2v) is 9.41. The molecule has 3 aromatic rings. The average molecular weight is 449 g/mol. The van der Waals surface area contributed by atoms with Crippen LogP contribution in [-0.4, -0.2) is 29.7 Å². The lowest BCUT2D eigenvalue weighted by Gasteiger charge is -2.21. The van der Waals surface area contributed by atoms with Gasteiger partial charge in [-0.1, -0.05) is 30.3 Å². The van der Waals surface area contributed by atoms with Crippen LogP contribution in [0.15, 0.2) is 83.8 Å². The molecule has 0 bridgehead atoms. The quantitative estimate of drug-likeness (QED) is 0.346. The molecule has 0 aliphatic carbocycles. The Morgan fingerprint density at radius 2 is 1.50 bits per heavy atom. The fourth-order valence-corrected chi connectivity index (χ4v) is 3.68. The first-order chi connectivity index (χ1) is 15.3. The third-order valence-corrected chi connectivity index (χ3v) is 5.37. The summed E-state index contributed by atoms with van der Waals surface area (Å²) in [4.78, 5) is 26.5. The van der Waals surface area contributed by atoms with Gasteiger partial charge in [-0.25, -0.2) is 0 Å². The number of ether oxygens (including phenoxy) is 1. The van der Waals surface area contributed by atoms with Crippen molar-refractivity contribution in [3.05, 3.63) is 90.0 Å². The zero-order valence-corrected chi connectivity index (χ0v) is 19.4. The summed E-state index contributed by atoms with van der Waals surface area (Å²) >= 11 is 1.73. The van der Waals surface area contributed by atoms with E-state index >= 15 is 0 Å². The van der Waals surface area contributed by atoms with Crippen molar-refractivity contribution in [1.29, 1.82) is 0 Å². The van der Waals surface area contributed by atoms with Gasteiger partial charge in [-0.15, -0.1) is 11.8 Å². The topological polar surface area (TPSA) is 67.4 Å². The van der Waals surface area contributed by atoms with Crippen molar-refractivity contribution in [2.45, 2.75) is 31.2 Å². The van der Waals surface area contributed by atoms with Crippen LogP contribution in [0.1, 0.15) is 41.5 Å². The number of hydrogen-bond acceptors (Lipinski definition) is 4. The number of amides is 2. The van der Waals surface area contributed by atoms with Gasteiger partial charge in [0.15, 0.2) is 0 Å². The van der Waals surface area contributed by atoms with E-state index in [1.807, 2.05) is 39.0 Å². The number of rotatable bonds is 8. The lowest BCUT2D eigenvalue weighted by atomic mass is 10.1. The number of thioether (sulfide) groups is 1.